The van der Waals surface area contributed by atoms with Gasteiger partial charge in [-0.3, -0.25) is 4.79 Å². The molecule has 0 saturated heterocycles. The first-order chi connectivity index (χ1) is 8.91. The van der Waals surface area contributed by atoms with E-state index in [9.17, 15) is 4.79 Å². The molecule has 19 heavy (non-hydrogen) atoms. The standard InChI is InChI=1S/C17H28OS/c1-14(2)8-5-9-15(3)10-6-11-16(4)12-7-13-17(18)19/h8,10,12H,5-7,9,11,13H2,1-4H3,(H,18,19)/b15-10+,16-12-. The van der Waals surface area contributed by atoms with Crippen LogP contribution >= 0.6 is 12.6 Å². The first kappa shape index (κ1) is 18.2. The van der Waals surface area contributed by atoms with Crippen molar-refractivity contribution in [1.82, 2.24) is 0 Å². The maximum absolute atomic E-state index is 10.7. The molecular formula is C17H28OS. The highest BCUT2D eigenvalue weighted by molar-refractivity contribution is 7.96. The highest BCUT2D eigenvalue weighted by atomic mass is 32.1. The number of rotatable bonds is 9. The fourth-order valence-electron chi connectivity index (χ4n) is 1.78. The topological polar surface area (TPSA) is 17.1 Å². The summed E-state index contributed by atoms with van der Waals surface area (Å²) in [5, 5.41) is -0.0286. The highest BCUT2D eigenvalue weighted by Crippen LogP contribution is 2.12. The van der Waals surface area contributed by atoms with Crippen molar-refractivity contribution in [1.29, 1.82) is 0 Å². The zero-order valence-corrected chi connectivity index (χ0v) is 13.7. The fraction of sp³-hybridized carbons (Fsp3) is 0.588. The van der Waals surface area contributed by atoms with Crippen molar-refractivity contribution in [3.05, 3.63) is 34.9 Å². The Balaban J connectivity index is 3.86. The van der Waals surface area contributed by atoms with E-state index >= 15 is 0 Å². The summed E-state index contributed by atoms with van der Waals surface area (Å²) in [5.41, 5.74) is 4.23. The fourth-order valence-corrected chi connectivity index (χ4v) is 1.91. The van der Waals surface area contributed by atoms with E-state index < -0.39 is 0 Å². The van der Waals surface area contributed by atoms with Crippen molar-refractivity contribution in [3.8, 4) is 0 Å². The zero-order chi connectivity index (χ0) is 14.7. The van der Waals surface area contributed by atoms with Crippen LogP contribution in [0.1, 0.15) is 66.2 Å². The minimum atomic E-state index is -0.0286. The third-order valence-corrected chi connectivity index (χ3v) is 3.20. The molecule has 0 aliphatic rings. The molecule has 0 rings (SSSR count). The summed E-state index contributed by atoms with van der Waals surface area (Å²) in [6, 6.07) is 0. The largest absolute Gasteiger partial charge is 0.287 e. The van der Waals surface area contributed by atoms with Gasteiger partial charge in [-0.1, -0.05) is 34.9 Å². The third kappa shape index (κ3) is 13.5. The second kappa shape index (κ2) is 11.1. The maximum atomic E-state index is 10.7. The molecule has 0 fully saturated rings. The van der Waals surface area contributed by atoms with E-state index in [-0.39, 0.29) is 5.12 Å². The lowest BCUT2D eigenvalue weighted by Gasteiger charge is -2.01. The van der Waals surface area contributed by atoms with Gasteiger partial charge >= 0.3 is 0 Å². The normalized spacial score (nSPS) is 12.5. The molecule has 0 aliphatic carbocycles. The van der Waals surface area contributed by atoms with Crippen LogP contribution in [0.25, 0.3) is 0 Å². The van der Waals surface area contributed by atoms with Gasteiger partial charge in [0.25, 0.3) is 0 Å². The van der Waals surface area contributed by atoms with E-state index in [1.165, 1.54) is 16.7 Å². The van der Waals surface area contributed by atoms with Crippen LogP contribution < -0.4 is 0 Å². The van der Waals surface area contributed by atoms with E-state index in [1.54, 1.807) is 0 Å². The van der Waals surface area contributed by atoms with E-state index in [1.807, 2.05) is 0 Å². The maximum Gasteiger partial charge on any atom is 0.186 e. The Morgan fingerprint density at radius 1 is 0.789 bits per heavy atom. The minimum Gasteiger partial charge on any atom is -0.287 e. The summed E-state index contributed by atoms with van der Waals surface area (Å²) in [4.78, 5) is 10.7. The van der Waals surface area contributed by atoms with Crippen LogP contribution in [0.5, 0.6) is 0 Å². The molecular weight excluding hydrogens is 252 g/mol. The molecule has 0 aliphatic heterocycles. The van der Waals surface area contributed by atoms with E-state index in [4.69, 9.17) is 0 Å². The van der Waals surface area contributed by atoms with Gasteiger partial charge in [0.05, 0.1) is 0 Å². The predicted octanol–water partition coefficient (Wildman–Crippen LogP) is 5.64. The van der Waals surface area contributed by atoms with Gasteiger partial charge in [-0.25, -0.2) is 0 Å². The lowest BCUT2D eigenvalue weighted by atomic mass is 10.1. The van der Waals surface area contributed by atoms with Gasteiger partial charge in [-0.2, -0.15) is 0 Å². The van der Waals surface area contributed by atoms with Gasteiger partial charge in [0, 0.05) is 6.42 Å². The summed E-state index contributed by atoms with van der Waals surface area (Å²) in [6.07, 6.45) is 12.6. The number of hydrogen-bond donors (Lipinski definition) is 1. The van der Waals surface area contributed by atoms with Crippen molar-refractivity contribution in [2.24, 2.45) is 0 Å². The Bertz CT molecular complexity index is 357. The molecule has 0 heterocycles. The monoisotopic (exact) mass is 280 g/mol. The van der Waals surface area contributed by atoms with Crippen molar-refractivity contribution in [2.75, 3.05) is 0 Å². The second-order valence-electron chi connectivity index (χ2n) is 5.39. The summed E-state index contributed by atoms with van der Waals surface area (Å²) in [7, 11) is 0. The number of thiol groups is 1. The molecule has 0 atom stereocenters. The summed E-state index contributed by atoms with van der Waals surface area (Å²) in [5.74, 6) is 0. The van der Waals surface area contributed by atoms with Crippen molar-refractivity contribution >= 4 is 17.7 Å². The molecule has 0 saturated carbocycles. The highest BCUT2D eigenvalue weighted by Gasteiger charge is 1.94. The quantitative estimate of drug-likeness (QED) is 0.427. The van der Waals surface area contributed by atoms with Gasteiger partial charge in [0.1, 0.15) is 0 Å². The Kier molecular flexibility index (Phi) is 10.7. The Labute approximate surface area is 124 Å². The minimum absolute atomic E-state index is 0.0286. The summed E-state index contributed by atoms with van der Waals surface area (Å²) in [6.45, 7) is 8.62. The molecule has 0 N–H and O–H groups in total. The average molecular weight is 280 g/mol. The van der Waals surface area contributed by atoms with E-state index in [2.05, 4.69) is 58.6 Å². The molecule has 0 radical (unpaired) electrons. The van der Waals surface area contributed by atoms with Crippen LogP contribution in [-0.4, -0.2) is 5.12 Å². The number of carbonyl (C=O) groups excluding carboxylic acids is 1. The molecule has 2 heteroatoms. The van der Waals surface area contributed by atoms with E-state index in [0.717, 1.165) is 32.1 Å². The number of allylic oxidation sites excluding steroid dienone is 6. The smallest absolute Gasteiger partial charge is 0.186 e. The third-order valence-electron chi connectivity index (χ3n) is 2.97. The van der Waals surface area contributed by atoms with Crippen LogP contribution in [0.4, 0.5) is 0 Å². The molecule has 0 amide bonds. The second-order valence-corrected chi connectivity index (χ2v) is 5.89. The van der Waals surface area contributed by atoms with Crippen LogP contribution in [0.3, 0.4) is 0 Å². The molecule has 0 bridgehead atoms. The molecule has 0 unspecified atom stereocenters. The van der Waals surface area contributed by atoms with Crippen molar-refractivity contribution in [3.63, 3.8) is 0 Å². The van der Waals surface area contributed by atoms with Gasteiger partial charge in [0.15, 0.2) is 5.12 Å². The lowest BCUT2D eigenvalue weighted by Crippen LogP contribution is -1.85. The Morgan fingerprint density at radius 3 is 1.63 bits per heavy atom. The van der Waals surface area contributed by atoms with Crippen LogP contribution in [-0.2, 0) is 4.79 Å². The SMILES string of the molecule is CC(C)=CCC/C(C)=C/CC/C(C)=C\CCC(=O)S. The Hall–Kier alpha value is -0.760. The van der Waals surface area contributed by atoms with Crippen LogP contribution in [0.15, 0.2) is 34.9 Å². The first-order valence-corrected chi connectivity index (χ1v) is 7.53. The number of hydrogen-bond acceptors (Lipinski definition) is 1. The van der Waals surface area contributed by atoms with Gasteiger partial charge in [-0.05, 0) is 59.8 Å². The summed E-state index contributed by atoms with van der Waals surface area (Å²) >= 11 is 3.76. The number of carbonyl (C=O) groups is 1. The molecule has 1 nitrogen and oxygen atoms in total. The Morgan fingerprint density at radius 2 is 1.21 bits per heavy atom. The van der Waals surface area contributed by atoms with Crippen molar-refractivity contribution < 1.29 is 4.79 Å². The lowest BCUT2D eigenvalue weighted by molar-refractivity contribution is -0.110. The molecule has 0 aromatic rings. The summed E-state index contributed by atoms with van der Waals surface area (Å²) < 4.78 is 0. The van der Waals surface area contributed by atoms with Crippen molar-refractivity contribution in [2.45, 2.75) is 66.2 Å². The zero-order valence-electron chi connectivity index (χ0n) is 12.8. The molecule has 108 valence electrons. The molecule has 0 aromatic carbocycles. The molecule has 0 spiro atoms. The van der Waals surface area contributed by atoms with E-state index in [0.29, 0.717) is 6.42 Å². The molecule has 0 aromatic heterocycles. The average Bonchev–Trinajstić information content (AvgIpc) is 2.27. The van der Waals surface area contributed by atoms with Gasteiger partial charge in [-0.15, -0.1) is 12.6 Å². The predicted molar refractivity (Wildman–Crippen MR) is 88.6 cm³/mol. The van der Waals surface area contributed by atoms with Gasteiger partial charge < -0.3 is 0 Å². The first-order valence-electron chi connectivity index (χ1n) is 7.08. The van der Waals surface area contributed by atoms with Gasteiger partial charge in [0.2, 0.25) is 0 Å². The van der Waals surface area contributed by atoms with Crippen LogP contribution in [0, 0.1) is 0 Å². The van der Waals surface area contributed by atoms with Crippen LogP contribution in [0.2, 0.25) is 0 Å².